The molecule has 0 amide bonds. The van der Waals surface area contributed by atoms with Crippen molar-refractivity contribution in [3.63, 3.8) is 0 Å². The fraction of sp³-hybridized carbons (Fsp3) is 0. The largest absolute Gasteiger partial charge is 0.396 e. The maximum Gasteiger partial charge on any atom is 0.191 e. The molecular formula is C17H16N6. The van der Waals surface area contributed by atoms with Crippen molar-refractivity contribution in [2.24, 2.45) is 22.2 Å². The summed E-state index contributed by atoms with van der Waals surface area (Å²) < 4.78 is 0. The van der Waals surface area contributed by atoms with Gasteiger partial charge in [-0.1, -0.05) is 36.4 Å². The lowest BCUT2D eigenvalue weighted by atomic mass is 10.0. The molecule has 0 aliphatic rings. The van der Waals surface area contributed by atoms with E-state index in [-0.39, 0.29) is 5.96 Å². The van der Waals surface area contributed by atoms with Gasteiger partial charge < -0.3 is 17.2 Å². The van der Waals surface area contributed by atoms with Crippen molar-refractivity contribution in [1.29, 1.82) is 0 Å². The molecule has 0 saturated carbocycles. The van der Waals surface area contributed by atoms with Crippen molar-refractivity contribution in [1.82, 2.24) is 9.97 Å². The molecule has 1 aromatic heterocycles. The summed E-state index contributed by atoms with van der Waals surface area (Å²) in [6.07, 6.45) is 3.29. The van der Waals surface area contributed by atoms with Gasteiger partial charge in [0.15, 0.2) is 5.96 Å². The second-order valence-corrected chi connectivity index (χ2v) is 4.92. The summed E-state index contributed by atoms with van der Waals surface area (Å²) in [5.74, 6) is -0.0487. The lowest BCUT2D eigenvalue weighted by Crippen LogP contribution is -2.23. The first-order valence-electron chi connectivity index (χ1n) is 7.01. The summed E-state index contributed by atoms with van der Waals surface area (Å²) in [5, 5.41) is 0. The fourth-order valence-corrected chi connectivity index (χ4v) is 2.27. The van der Waals surface area contributed by atoms with E-state index in [0.29, 0.717) is 11.4 Å². The minimum Gasteiger partial charge on any atom is -0.396 e. The van der Waals surface area contributed by atoms with Crippen molar-refractivity contribution in [2.75, 3.05) is 0 Å². The first-order valence-corrected chi connectivity index (χ1v) is 7.01. The number of benzene rings is 2. The molecule has 0 fully saturated rings. The van der Waals surface area contributed by atoms with E-state index >= 15 is 0 Å². The van der Waals surface area contributed by atoms with Crippen LogP contribution in [0, 0.1) is 0 Å². The molecule has 0 unspecified atom stereocenters. The van der Waals surface area contributed by atoms with Gasteiger partial charge in [-0.2, -0.15) is 0 Å². The summed E-state index contributed by atoms with van der Waals surface area (Å²) in [5.41, 5.74) is 21.6. The molecule has 0 aliphatic carbocycles. The molecule has 1 heterocycles. The molecule has 0 radical (unpaired) electrons. The molecule has 0 atom stereocenters. The van der Waals surface area contributed by atoms with Gasteiger partial charge >= 0.3 is 0 Å². The zero-order valence-electron chi connectivity index (χ0n) is 12.3. The molecule has 3 rings (SSSR count). The molecule has 0 bridgehead atoms. The predicted octanol–water partition coefficient (Wildman–Crippen LogP) is 1.69. The van der Waals surface area contributed by atoms with Gasteiger partial charge in [-0.25, -0.2) is 4.99 Å². The highest BCUT2D eigenvalue weighted by Gasteiger charge is 2.09. The van der Waals surface area contributed by atoms with E-state index < -0.39 is 0 Å². The van der Waals surface area contributed by atoms with Crippen LogP contribution in [0.3, 0.4) is 0 Å². The predicted molar refractivity (Wildman–Crippen MR) is 92.8 cm³/mol. The highest BCUT2D eigenvalue weighted by Crippen LogP contribution is 2.25. The second-order valence-electron chi connectivity index (χ2n) is 4.92. The van der Waals surface area contributed by atoms with Crippen molar-refractivity contribution in [3.8, 4) is 0 Å². The number of aromatic nitrogens is 2. The van der Waals surface area contributed by atoms with Gasteiger partial charge in [-0.05, 0) is 12.1 Å². The van der Waals surface area contributed by atoms with Gasteiger partial charge in [0.1, 0.15) is 0 Å². The van der Waals surface area contributed by atoms with Gasteiger partial charge in [0, 0.05) is 23.5 Å². The molecule has 23 heavy (non-hydrogen) atoms. The topological polar surface area (TPSA) is 116 Å². The number of guanidine groups is 1. The average molecular weight is 304 g/mol. The third-order valence-electron chi connectivity index (χ3n) is 3.32. The Kier molecular flexibility index (Phi) is 3.88. The molecule has 0 aliphatic heterocycles. The lowest BCUT2D eigenvalue weighted by Gasteiger charge is -2.10. The maximum atomic E-state index is 6.32. The Morgan fingerprint density at radius 3 is 2.17 bits per heavy atom. The summed E-state index contributed by atoms with van der Waals surface area (Å²) in [4.78, 5) is 12.7. The molecule has 0 saturated heterocycles. The monoisotopic (exact) mass is 304 g/mol. The van der Waals surface area contributed by atoms with E-state index in [1.54, 1.807) is 12.4 Å². The summed E-state index contributed by atoms with van der Waals surface area (Å²) in [7, 11) is 0. The van der Waals surface area contributed by atoms with Gasteiger partial charge in [-0.3, -0.25) is 9.97 Å². The van der Waals surface area contributed by atoms with Crippen molar-refractivity contribution in [3.05, 3.63) is 72.1 Å². The Labute approximate surface area is 133 Å². The van der Waals surface area contributed by atoms with E-state index in [1.807, 2.05) is 48.5 Å². The minimum atomic E-state index is -0.0487. The number of aliphatic imine (C=N–C) groups is 1. The van der Waals surface area contributed by atoms with Crippen LogP contribution in [-0.4, -0.2) is 15.9 Å². The van der Waals surface area contributed by atoms with E-state index in [9.17, 15) is 0 Å². The Morgan fingerprint density at radius 2 is 1.48 bits per heavy atom. The zero-order valence-corrected chi connectivity index (χ0v) is 12.3. The average Bonchev–Trinajstić information content (AvgIpc) is 2.59. The Balaban J connectivity index is 2.19. The van der Waals surface area contributed by atoms with Crippen LogP contribution in [0.2, 0.25) is 0 Å². The standard InChI is InChI=1S/C17H16N6/c18-15(12-6-7-13-14(10-12)22-9-8-21-13)16(23-17(19)20)11-4-2-1-3-5-11/h1-10H,18H2,(H4,19,20,23)/b16-15-. The molecule has 114 valence electrons. The quantitative estimate of drug-likeness (QED) is 0.387. The SMILES string of the molecule is NC(N)=N/C(=C(\N)c1ccc2nccnc2c1)c1ccccc1. The third kappa shape index (κ3) is 3.11. The number of fused-ring (bicyclic) bond motifs is 1. The van der Waals surface area contributed by atoms with Crippen LogP contribution in [0.15, 0.2) is 65.9 Å². The van der Waals surface area contributed by atoms with Crippen LogP contribution < -0.4 is 17.2 Å². The van der Waals surface area contributed by atoms with E-state index in [0.717, 1.165) is 22.2 Å². The number of rotatable bonds is 3. The van der Waals surface area contributed by atoms with E-state index in [1.165, 1.54) is 0 Å². The molecule has 6 nitrogen and oxygen atoms in total. The highest BCUT2D eigenvalue weighted by molar-refractivity contribution is 5.95. The van der Waals surface area contributed by atoms with Crippen LogP contribution in [0.5, 0.6) is 0 Å². The van der Waals surface area contributed by atoms with Crippen LogP contribution in [0.1, 0.15) is 11.1 Å². The second kappa shape index (κ2) is 6.15. The normalized spacial score (nSPS) is 11.8. The first-order chi connectivity index (χ1) is 11.1. The van der Waals surface area contributed by atoms with Crippen molar-refractivity contribution >= 4 is 28.4 Å². The maximum absolute atomic E-state index is 6.32. The number of nitrogens with two attached hydrogens (primary N) is 3. The molecule has 0 spiro atoms. The highest BCUT2D eigenvalue weighted by atomic mass is 15.0. The fourth-order valence-electron chi connectivity index (χ4n) is 2.27. The molecular weight excluding hydrogens is 288 g/mol. The number of hydrogen-bond donors (Lipinski definition) is 3. The summed E-state index contributed by atoms with van der Waals surface area (Å²) >= 11 is 0. The first kappa shape index (κ1) is 14.5. The van der Waals surface area contributed by atoms with Crippen LogP contribution in [0.4, 0.5) is 0 Å². The smallest absolute Gasteiger partial charge is 0.191 e. The van der Waals surface area contributed by atoms with Gasteiger partial charge in [-0.15, -0.1) is 0 Å². The summed E-state index contributed by atoms with van der Waals surface area (Å²) in [6, 6.07) is 15.1. The Bertz CT molecular complexity index is 895. The van der Waals surface area contributed by atoms with Crippen LogP contribution in [-0.2, 0) is 0 Å². The van der Waals surface area contributed by atoms with Crippen LogP contribution >= 0.6 is 0 Å². The number of nitrogens with zero attached hydrogens (tertiary/aromatic N) is 3. The minimum absolute atomic E-state index is 0.0487. The third-order valence-corrected chi connectivity index (χ3v) is 3.32. The van der Waals surface area contributed by atoms with E-state index in [2.05, 4.69) is 15.0 Å². The van der Waals surface area contributed by atoms with Crippen LogP contribution in [0.25, 0.3) is 22.4 Å². The molecule has 3 aromatic rings. The Hall–Kier alpha value is -3.41. The van der Waals surface area contributed by atoms with Gasteiger partial charge in [0.05, 0.1) is 22.4 Å². The summed E-state index contributed by atoms with van der Waals surface area (Å²) in [6.45, 7) is 0. The molecule has 2 aromatic carbocycles. The zero-order chi connectivity index (χ0) is 16.2. The van der Waals surface area contributed by atoms with Crippen molar-refractivity contribution in [2.45, 2.75) is 0 Å². The molecule has 6 N–H and O–H groups in total. The van der Waals surface area contributed by atoms with Gasteiger partial charge in [0.25, 0.3) is 0 Å². The lowest BCUT2D eigenvalue weighted by molar-refractivity contribution is 1.29. The van der Waals surface area contributed by atoms with Gasteiger partial charge in [0.2, 0.25) is 0 Å². The molecule has 6 heteroatoms. The van der Waals surface area contributed by atoms with E-state index in [4.69, 9.17) is 17.2 Å². The Morgan fingerprint density at radius 1 is 0.783 bits per heavy atom. The number of hydrogen-bond acceptors (Lipinski definition) is 4. The van der Waals surface area contributed by atoms with Crippen molar-refractivity contribution < 1.29 is 0 Å².